The van der Waals surface area contributed by atoms with Crippen molar-refractivity contribution in [2.24, 2.45) is 11.7 Å². The average molecular weight is 229 g/mol. The molecule has 3 N–H and O–H groups in total. The molecule has 2 rings (SSSR count). The Morgan fingerprint density at radius 3 is 2.94 bits per heavy atom. The van der Waals surface area contributed by atoms with Gasteiger partial charge in [0.25, 0.3) is 0 Å². The number of hydrogen-bond acceptors (Lipinski definition) is 4. The molecule has 0 aromatic rings. The van der Waals surface area contributed by atoms with Crippen LogP contribution in [0.15, 0.2) is 0 Å². The Labute approximate surface area is 94.9 Å². The lowest BCUT2D eigenvalue weighted by molar-refractivity contribution is -0.203. The minimum Gasteiger partial charge on any atom is -0.481 e. The summed E-state index contributed by atoms with van der Waals surface area (Å²) in [5, 5.41) is 9.08. The molecular weight excluding hydrogens is 210 g/mol. The van der Waals surface area contributed by atoms with Crippen molar-refractivity contribution in [1.82, 2.24) is 0 Å². The maximum Gasteiger partial charge on any atom is 0.308 e. The first kappa shape index (κ1) is 11.8. The smallest absolute Gasteiger partial charge is 0.308 e. The standard InChI is InChI=1S/C11H19NO4/c1-2-7-6-15-11(16-7)4-3-9(12)8(5-11)10(13)14/h7-9H,2-6,12H2,1H3,(H,13,14). The van der Waals surface area contributed by atoms with Gasteiger partial charge in [-0.1, -0.05) is 6.92 Å². The Kier molecular flexibility index (Phi) is 3.19. The highest BCUT2D eigenvalue weighted by atomic mass is 16.7. The lowest BCUT2D eigenvalue weighted by Crippen LogP contribution is -2.48. The van der Waals surface area contributed by atoms with Gasteiger partial charge in [0.1, 0.15) is 0 Å². The maximum absolute atomic E-state index is 11.1. The Morgan fingerprint density at radius 1 is 1.62 bits per heavy atom. The van der Waals surface area contributed by atoms with E-state index in [9.17, 15) is 4.79 Å². The van der Waals surface area contributed by atoms with Gasteiger partial charge in [-0.25, -0.2) is 0 Å². The Hall–Kier alpha value is -0.650. The van der Waals surface area contributed by atoms with Crippen molar-refractivity contribution in [1.29, 1.82) is 0 Å². The van der Waals surface area contributed by atoms with E-state index < -0.39 is 17.7 Å². The van der Waals surface area contributed by atoms with E-state index in [1.54, 1.807) is 0 Å². The van der Waals surface area contributed by atoms with Gasteiger partial charge in [0.05, 0.1) is 18.6 Å². The number of aliphatic carboxylic acids is 1. The fourth-order valence-electron chi connectivity index (χ4n) is 2.50. The van der Waals surface area contributed by atoms with Crippen LogP contribution in [0.5, 0.6) is 0 Å². The Morgan fingerprint density at radius 2 is 2.38 bits per heavy atom. The van der Waals surface area contributed by atoms with Gasteiger partial charge < -0.3 is 20.3 Å². The van der Waals surface area contributed by atoms with E-state index in [0.717, 1.165) is 6.42 Å². The van der Waals surface area contributed by atoms with Gasteiger partial charge in [-0.3, -0.25) is 4.79 Å². The summed E-state index contributed by atoms with van der Waals surface area (Å²) >= 11 is 0. The van der Waals surface area contributed by atoms with E-state index in [4.69, 9.17) is 20.3 Å². The van der Waals surface area contributed by atoms with Gasteiger partial charge in [-0.05, 0) is 12.8 Å². The summed E-state index contributed by atoms with van der Waals surface area (Å²) in [5.74, 6) is -2.08. The first-order chi connectivity index (χ1) is 7.56. The predicted octanol–water partition coefficient (Wildman–Crippen LogP) is 0.720. The molecule has 4 unspecified atom stereocenters. The monoisotopic (exact) mass is 229 g/mol. The SMILES string of the molecule is CCC1COC2(CCC(N)C(C(=O)O)C2)O1. The highest BCUT2D eigenvalue weighted by molar-refractivity contribution is 5.71. The van der Waals surface area contributed by atoms with Crippen molar-refractivity contribution in [2.45, 2.75) is 50.5 Å². The van der Waals surface area contributed by atoms with Gasteiger partial charge in [0.2, 0.25) is 0 Å². The molecule has 5 heteroatoms. The molecule has 0 aromatic heterocycles. The zero-order valence-corrected chi connectivity index (χ0v) is 9.52. The lowest BCUT2D eigenvalue weighted by atomic mass is 9.81. The minimum atomic E-state index is -0.848. The molecule has 5 nitrogen and oxygen atoms in total. The van der Waals surface area contributed by atoms with Gasteiger partial charge in [0, 0.05) is 18.9 Å². The number of carboxylic acid groups (broad SMARTS) is 1. The fourth-order valence-corrected chi connectivity index (χ4v) is 2.50. The second-order valence-electron chi connectivity index (χ2n) is 4.72. The average Bonchev–Trinajstić information content (AvgIpc) is 2.66. The first-order valence-corrected chi connectivity index (χ1v) is 5.86. The van der Waals surface area contributed by atoms with Crippen LogP contribution in [-0.4, -0.2) is 35.6 Å². The molecule has 16 heavy (non-hydrogen) atoms. The van der Waals surface area contributed by atoms with Crippen molar-refractivity contribution >= 4 is 5.97 Å². The molecule has 92 valence electrons. The fraction of sp³-hybridized carbons (Fsp3) is 0.909. The molecule has 2 aliphatic rings. The number of carbonyl (C=O) groups is 1. The van der Waals surface area contributed by atoms with E-state index in [2.05, 4.69) is 0 Å². The van der Waals surface area contributed by atoms with Gasteiger partial charge >= 0.3 is 5.97 Å². The maximum atomic E-state index is 11.1. The van der Waals surface area contributed by atoms with E-state index in [1.807, 2.05) is 6.92 Å². The van der Waals surface area contributed by atoms with E-state index in [-0.39, 0.29) is 12.1 Å². The molecule has 1 saturated heterocycles. The van der Waals surface area contributed by atoms with Crippen LogP contribution in [0.2, 0.25) is 0 Å². The van der Waals surface area contributed by atoms with Crippen molar-refractivity contribution in [2.75, 3.05) is 6.61 Å². The summed E-state index contributed by atoms with van der Waals surface area (Å²) in [6.45, 7) is 2.61. The van der Waals surface area contributed by atoms with Crippen molar-refractivity contribution in [3.8, 4) is 0 Å². The normalized spacial score (nSPS) is 43.8. The molecule has 4 atom stereocenters. The van der Waals surface area contributed by atoms with Crippen molar-refractivity contribution in [3.63, 3.8) is 0 Å². The third-order valence-corrected chi connectivity index (χ3v) is 3.59. The number of ether oxygens (including phenoxy) is 2. The summed E-state index contributed by atoms with van der Waals surface area (Å²) in [6.07, 6.45) is 2.72. The molecule has 0 amide bonds. The van der Waals surface area contributed by atoms with E-state index in [0.29, 0.717) is 25.9 Å². The topological polar surface area (TPSA) is 81.8 Å². The molecule has 1 saturated carbocycles. The van der Waals surface area contributed by atoms with E-state index in [1.165, 1.54) is 0 Å². The first-order valence-electron chi connectivity index (χ1n) is 5.86. The highest BCUT2D eigenvalue weighted by Gasteiger charge is 2.48. The van der Waals surface area contributed by atoms with Crippen LogP contribution < -0.4 is 5.73 Å². The lowest BCUT2D eigenvalue weighted by Gasteiger charge is -2.38. The highest BCUT2D eigenvalue weighted by Crippen LogP contribution is 2.40. The van der Waals surface area contributed by atoms with Gasteiger partial charge in [0.15, 0.2) is 5.79 Å². The molecule has 1 aliphatic heterocycles. The zero-order valence-electron chi connectivity index (χ0n) is 9.52. The molecule has 0 radical (unpaired) electrons. The van der Waals surface area contributed by atoms with Crippen LogP contribution in [0.3, 0.4) is 0 Å². The van der Waals surface area contributed by atoms with E-state index >= 15 is 0 Å². The quantitative estimate of drug-likeness (QED) is 0.729. The van der Waals surface area contributed by atoms with Crippen LogP contribution in [0.4, 0.5) is 0 Å². The summed E-state index contributed by atoms with van der Waals surface area (Å²) in [5.41, 5.74) is 5.81. The summed E-state index contributed by atoms with van der Waals surface area (Å²) in [4.78, 5) is 11.1. The van der Waals surface area contributed by atoms with Crippen LogP contribution in [0.1, 0.15) is 32.6 Å². The molecule has 1 aliphatic carbocycles. The molecular formula is C11H19NO4. The summed E-state index contributed by atoms with van der Waals surface area (Å²) in [6, 6.07) is -0.281. The largest absolute Gasteiger partial charge is 0.481 e. The van der Waals surface area contributed by atoms with Gasteiger partial charge in [-0.2, -0.15) is 0 Å². The molecule has 0 bridgehead atoms. The second kappa shape index (κ2) is 4.31. The van der Waals surface area contributed by atoms with Crippen molar-refractivity contribution < 1.29 is 19.4 Å². The van der Waals surface area contributed by atoms with Crippen LogP contribution in [0, 0.1) is 5.92 Å². The predicted molar refractivity (Wildman–Crippen MR) is 56.8 cm³/mol. The number of nitrogens with two attached hydrogens (primary N) is 1. The van der Waals surface area contributed by atoms with Crippen LogP contribution >= 0.6 is 0 Å². The van der Waals surface area contributed by atoms with Crippen LogP contribution in [0.25, 0.3) is 0 Å². The number of carboxylic acids is 1. The number of hydrogen-bond donors (Lipinski definition) is 2. The molecule has 1 heterocycles. The van der Waals surface area contributed by atoms with Crippen LogP contribution in [-0.2, 0) is 14.3 Å². The molecule has 1 spiro atoms. The minimum absolute atomic E-state index is 0.101. The molecule has 0 aromatic carbocycles. The Bertz CT molecular complexity index is 283. The third kappa shape index (κ3) is 2.07. The Balaban J connectivity index is 2.05. The summed E-state index contributed by atoms with van der Waals surface area (Å²) < 4.78 is 11.5. The molecule has 2 fully saturated rings. The summed E-state index contributed by atoms with van der Waals surface area (Å²) in [7, 11) is 0. The third-order valence-electron chi connectivity index (χ3n) is 3.59. The zero-order chi connectivity index (χ0) is 11.8. The van der Waals surface area contributed by atoms with Gasteiger partial charge in [-0.15, -0.1) is 0 Å². The number of rotatable bonds is 2. The van der Waals surface area contributed by atoms with Crippen molar-refractivity contribution in [3.05, 3.63) is 0 Å². The second-order valence-corrected chi connectivity index (χ2v) is 4.72.